The molecular formula is C60H100O2. The Labute approximate surface area is 385 Å². The molecule has 8 atom stereocenters. The number of hydrogen-bond donors (Lipinski definition) is 1. The second kappa shape index (κ2) is 22.5. The summed E-state index contributed by atoms with van der Waals surface area (Å²) in [6.07, 6.45) is 39.4. The average molecular weight is 853 g/mol. The van der Waals surface area contributed by atoms with Gasteiger partial charge in [0.25, 0.3) is 0 Å². The second-order valence-corrected chi connectivity index (χ2v) is 24.0. The molecule has 3 fully saturated rings. The maximum absolute atomic E-state index is 10.8. The molecule has 2 heteroatoms. The maximum atomic E-state index is 10.8. The van der Waals surface area contributed by atoms with Crippen molar-refractivity contribution in [3.8, 4) is 0 Å². The molecule has 1 N–H and O–H groups in total. The molecule has 0 spiro atoms. The molecule has 0 aromatic carbocycles. The molecule has 62 heavy (non-hydrogen) atoms. The van der Waals surface area contributed by atoms with E-state index in [1.165, 1.54) is 143 Å². The molecule has 5 aliphatic rings. The van der Waals surface area contributed by atoms with E-state index < -0.39 is 0 Å². The number of epoxide rings is 1. The summed E-state index contributed by atoms with van der Waals surface area (Å²) in [4.78, 5) is 0. The first-order chi connectivity index (χ1) is 29.0. The van der Waals surface area contributed by atoms with Crippen molar-refractivity contribution in [2.75, 3.05) is 0 Å². The van der Waals surface area contributed by atoms with Crippen molar-refractivity contribution in [2.45, 2.75) is 257 Å². The van der Waals surface area contributed by atoms with E-state index in [9.17, 15) is 5.11 Å². The number of rotatable bonds is 19. The highest BCUT2D eigenvalue weighted by Gasteiger charge is 2.63. The van der Waals surface area contributed by atoms with Crippen LogP contribution in [-0.4, -0.2) is 22.9 Å². The molecule has 2 nitrogen and oxygen atoms in total. The van der Waals surface area contributed by atoms with Gasteiger partial charge in [-0.1, -0.05) is 123 Å². The summed E-state index contributed by atoms with van der Waals surface area (Å²) in [5.74, 6) is 2.32. The van der Waals surface area contributed by atoms with E-state index in [4.69, 9.17) is 4.74 Å². The van der Waals surface area contributed by atoms with Gasteiger partial charge in [0.05, 0.1) is 17.8 Å². The van der Waals surface area contributed by atoms with Gasteiger partial charge in [-0.05, 0) is 237 Å². The number of ether oxygens (including phenoxy) is 1. The van der Waals surface area contributed by atoms with Gasteiger partial charge in [-0.3, -0.25) is 0 Å². The van der Waals surface area contributed by atoms with Crippen molar-refractivity contribution in [2.24, 2.45) is 39.4 Å². The zero-order chi connectivity index (χ0) is 46.1. The molecule has 2 saturated carbocycles. The molecule has 5 rings (SSSR count). The molecule has 0 aromatic heterocycles. The Kier molecular flexibility index (Phi) is 19.2. The quantitative estimate of drug-likeness (QED) is 0.0798. The predicted octanol–water partition coefficient (Wildman–Crippen LogP) is 18.3. The summed E-state index contributed by atoms with van der Waals surface area (Å²) < 4.78 is 5.68. The third-order valence-corrected chi connectivity index (χ3v) is 17.9. The smallest absolute Gasteiger partial charge is 0.0892 e. The van der Waals surface area contributed by atoms with E-state index in [2.05, 4.69) is 147 Å². The van der Waals surface area contributed by atoms with E-state index in [0.29, 0.717) is 28.3 Å². The van der Waals surface area contributed by atoms with Crippen LogP contribution < -0.4 is 0 Å². The van der Waals surface area contributed by atoms with Crippen LogP contribution in [0, 0.1) is 39.4 Å². The summed E-state index contributed by atoms with van der Waals surface area (Å²) in [7, 11) is 0. The summed E-state index contributed by atoms with van der Waals surface area (Å²) in [5.41, 5.74) is 14.1. The van der Waals surface area contributed by atoms with E-state index in [-0.39, 0.29) is 17.1 Å². The van der Waals surface area contributed by atoms with Gasteiger partial charge in [-0.25, -0.2) is 0 Å². The molecule has 1 heterocycles. The molecule has 1 unspecified atom stereocenters. The average Bonchev–Trinajstić information content (AvgIpc) is 3.70. The van der Waals surface area contributed by atoms with Crippen molar-refractivity contribution < 1.29 is 9.84 Å². The first kappa shape index (κ1) is 52.7. The SMILES string of the molecule is CC(C)=CCC/C(C)=C/CC/C(C)=C/CC/C=C(\C)CC/C=C(\C)CCC1OC1(C)C.CC(C)=CCC[C@@H](C)[C@H]1CC[C@@]2(C)C3=C(CC[C@]12C)[C@@]1(C)CC[C@H](O)C(C)(C)[C@@H]1CC3. The number of aliphatic hydroxyl groups excluding tert-OH is 1. The van der Waals surface area contributed by atoms with Crippen LogP contribution in [0.15, 0.2) is 81.0 Å². The number of hydrogen-bond acceptors (Lipinski definition) is 2. The highest BCUT2D eigenvalue weighted by Crippen LogP contribution is 2.72. The number of unbranched alkanes of at least 4 members (excludes halogenated alkanes) is 1. The van der Waals surface area contributed by atoms with Crippen molar-refractivity contribution in [1.29, 1.82) is 0 Å². The van der Waals surface area contributed by atoms with Gasteiger partial charge in [0, 0.05) is 0 Å². The van der Waals surface area contributed by atoms with Crippen LogP contribution in [0.3, 0.4) is 0 Å². The fourth-order valence-corrected chi connectivity index (χ4v) is 13.3. The molecule has 0 aromatic rings. The van der Waals surface area contributed by atoms with Gasteiger partial charge in [-0.15, -0.1) is 0 Å². The molecule has 0 bridgehead atoms. The first-order valence-corrected chi connectivity index (χ1v) is 26.0. The zero-order valence-corrected chi connectivity index (χ0v) is 43.8. The minimum Gasteiger partial charge on any atom is -0.393 e. The Balaban J connectivity index is 0.000000273. The Morgan fingerprint density at radius 3 is 1.63 bits per heavy atom. The van der Waals surface area contributed by atoms with Gasteiger partial charge in [-0.2, -0.15) is 0 Å². The topological polar surface area (TPSA) is 32.8 Å². The summed E-state index contributed by atoms with van der Waals surface area (Å²) in [6.45, 7) is 37.5. The Morgan fingerprint density at radius 2 is 1.10 bits per heavy atom. The fraction of sp³-hybridized carbons (Fsp3) is 0.767. The third-order valence-electron chi connectivity index (χ3n) is 17.9. The first-order valence-electron chi connectivity index (χ1n) is 26.0. The number of allylic oxidation sites excluding steroid dienone is 14. The van der Waals surface area contributed by atoms with Crippen LogP contribution in [0.1, 0.15) is 239 Å². The number of aliphatic hydroxyl groups is 1. The van der Waals surface area contributed by atoms with E-state index in [1.54, 1.807) is 0 Å². The Bertz CT molecular complexity index is 1690. The molecule has 352 valence electrons. The van der Waals surface area contributed by atoms with Crippen molar-refractivity contribution in [3.05, 3.63) is 81.0 Å². The van der Waals surface area contributed by atoms with E-state index in [0.717, 1.165) is 31.1 Å². The Hall–Kier alpha value is -1.90. The minimum absolute atomic E-state index is 0.0465. The lowest BCUT2D eigenvalue weighted by Gasteiger charge is -2.62. The normalized spacial score (nSPS) is 32.2. The van der Waals surface area contributed by atoms with Crippen LogP contribution in [0.4, 0.5) is 0 Å². The molecule has 4 aliphatic carbocycles. The van der Waals surface area contributed by atoms with Gasteiger partial charge in [0.1, 0.15) is 0 Å². The molecule has 0 radical (unpaired) electrons. The van der Waals surface area contributed by atoms with Gasteiger partial charge in [0.2, 0.25) is 0 Å². The predicted molar refractivity (Wildman–Crippen MR) is 272 cm³/mol. The largest absolute Gasteiger partial charge is 0.393 e. The van der Waals surface area contributed by atoms with Gasteiger partial charge < -0.3 is 9.84 Å². The van der Waals surface area contributed by atoms with Crippen LogP contribution >= 0.6 is 0 Å². The molecule has 0 amide bonds. The molecular weight excluding hydrogens is 753 g/mol. The van der Waals surface area contributed by atoms with Crippen LogP contribution in [0.5, 0.6) is 0 Å². The monoisotopic (exact) mass is 853 g/mol. The van der Waals surface area contributed by atoms with Crippen LogP contribution in [-0.2, 0) is 4.74 Å². The Morgan fingerprint density at radius 1 is 0.597 bits per heavy atom. The third kappa shape index (κ3) is 13.4. The molecule has 1 saturated heterocycles. The number of fused-ring (bicyclic) bond motifs is 4. The maximum Gasteiger partial charge on any atom is 0.0892 e. The summed E-state index contributed by atoms with van der Waals surface area (Å²) in [5, 5.41) is 10.8. The minimum atomic E-state index is -0.130. The van der Waals surface area contributed by atoms with E-state index in [1.807, 2.05) is 11.1 Å². The highest BCUT2D eigenvalue weighted by molar-refractivity contribution is 5.39. The second-order valence-electron chi connectivity index (χ2n) is 24.0. The van der Waals surface area contributed by atoms with Crippen LogP contribution in [0.2, 0.25) is 0 Å². The van der Waals surface area contributed by atoms with E-state index >= 15 is 0 Å². The fourth-order valence-electron chi connectivity index (χ4n) is 13.3. The summed E-state index contributed by atoms with van der Waals surface area (Å²) in [6, 6.07) is 0. The van der Waals surface area contributed by atoms with Gasteiger partial charge in [0.15, 0.2) is 0 Å². The van der Waals surface area contributed by atoms with Crippen molar-refractivity contribution in [3.63, 3.8) is 0 Å². The standard InChI is InChI=1S/2C30H50O/c1-20(2)10-9-11-21(3)22-14-18-30(8)24-12-13-25-27(4,5)26(31)16-17-28(25,6)23(24)15-19-29(22,30)7;1-24(2)14-11-17-27(5)20-12-18-25(3)15-9-10-16-26(4)19-13-21-28(6)22-23-29-30(7,8)31-29/h10,21-22,25-26,31H,9,11-19H2,1-8H3;14-16,20-21,29H,9-13,17-19,22-23H2,1-8H3/b;25-15+,26-16+,27-20+,28-21+/t21-,22-,25+,26+,28-,29-,30+;/m1./s1. The lowest BCUT2D eigenvalue weighted by molar-refractivity contribution is -0.0962. The van der Waals surface area contributed by atoms with Crippen molar-refractivity contribution >= 4 is 0 Å². The lowest BCUT2D eigenvalue weighted by Crippen LogP contribution is -2.55. The highest BCUT2D eigenvalue weighted by atomic mass is 16.6. The molecule has 1 aliphatic heterocycles. The zero-order valence-electron chi connectivity index (χ0n) is 43.8. The summed E-state index contributed by atoms with van der Waals surface area (Å²) >= 11 is 0. The lowest BCUT2D eigenvalue weighted by atomic mass is 9.43. The van der Waals surface area contributed by atoms with Crippen molar-refractivity contribution in [1.82, 2.24) is 0 Å². The van der Waals surface area contributed by atoms with Crippen LogP contribution in [0.25, 0.3) is 0 Å². The van der Waals surface area contributed by atoms with Gasteiger partial charge >= 0.3 is 0 Å².